The molecule has 0 spiro atoms. The highest BCUT2D eigenvalue weighted by Crippen LogP contribution is 2.16. The van der Waals surface area contributed by atoms with E-state index in [0.29, 0.717) is 16.4 Å². The van der Waals surface area contributed by atoms with Crippen LogP contribution in [0.3, 0.4) is 0 Å². The van der Waals surface area contributed by atoms with Crippen molar-refractivity contribution in [2.24, 2.45) is 0 Å². The minimum absolute atomic E-state index is 0.0195. The third-order valence-electron chi connectivity index (χ3n) is 1.97. The van der Waals surface area contributed by atoms with Crippen LogP contribution in [0, 0.1) is 0 Å². The molecule has 16 heavy (non-hydrogen) atoms. The monoisotopic (exact) mass is 241 g/mol. The summed E-state index contributed by atoms with van der Waals surface area (Å²) in [6, 6.07) is 3.29. The van der Waals surface area contributed by atoms with Crippen LogP contribution in [-0.4, -0.2) is 31.4 Å². The Hall–Kier alpha value is -1.20. The normalized spacial score (nSPS) is 12.2. The highest BCUT2D eigenvalue weighted by molar-refractivity contribution is 7.15. The molecule has 4 nitrogen and oxygen atoms in total. The van der Waals surface area contributed by atoms with Gasteiger partial charge in [0.1, 0.15) is 0 Å². The van der Waals surface area contributed by atoms with E-state index in [-0.39, 0.29) is 17.7 Å². The Morgan fingerprint density at radius 2 is 2.06 bits per heavy atom. The number of ether oxygens (including phenoxy) is 1. The second-order valence-electron chi connectivity index (χ2n) is 3.55. The Kier molecular flexibility index (Phi) is 4.64. The lowest BCUT2D eigenvalue weighted by molar-refractivity contribution is 0.0909. The lowest BCUT2D eigenvalue weighted by atomic mass is 10.3. The van der Waals surface area contributed by atoms with Crippen LogP contribution in [0.5, 0.6) is 0 Å². The van der Waals surface area contributed by atoms with Gasteiger partial charge in [-0.25, -0.2) is 0 Å². The van der Waals surface area contributed by atoms with Gasteiger partial charge in [-0.1, -0.05) is 0 Å². The van der Waals surface area contributed by atoms with Crippen molar-refractivity contribution in [3.8, 4) is 0 Å². The number of methoxy groups -OCH3 is 1. The third-order valence-corrected chi connectivity index (χ3v) is 3.16. The van der Waals surface area contributed by atoms with Crippen molar-refractivity contribution in [1.29, 1.82) is 0 Å². The SMILES string of the molecule is COCC(C)NC(=O)c1ccc(C(C)=O)s1. The molecule has 0 fully saturated rings. The molecule has 0 aliphatic rings. The summed E-state index contributed by atoms with van der Waals surface area (Å²) in [7, 11) is 1.58. The molecule has 0 saturated heterocycles. The van der Waals surface area contributed by atoms with Crippen molar-refractivity contribution in [2.45, 2.75) is 19.9 Å². The third kappa shape index (κ3) is 3.43. The average Bonchev–Trinajstić information content (AvgIpc) is 2.66. The first-order valence-corrected chi connectivity index (χ1v) is 5.76. The highest BCUT2D eigenvalue weighted by Gasteiger charge is 2.13. The molecular weight excluding hydrogens is 226 g/mol. The van der Waals surface area contributed by atoms with Gasteiger partial charge in [-0.2, -0.15) is 0 Å². The van der Waals surface area contributed by atoms with Gasteiger partial charge in [0.25, 0.3) is 5.91 Å². The Balaban J connectivity index is 2.62. The molecule has 1 atom stereocenters. The van der Waals surface area contributed by atoms with Crippen molar-refractivity contribution in [1.82, 2.24) is 5.32 Å². The summed E-state index contributed by atoms with van der Waals surface area (Å²) in [5.41, 5.74) is 0. The standard InChI is InChI=1S/C11H15NO3S/c1-7(6-15-3)12-11(14)10-5-4-9(16-10)8(2)13/h4-5,7H,6H2,1-3H3,(H,12,14). The number of hydrogen-bond donors (Lipinski definition) is 1. The second-order valence-corrected chi connectivity index (χ2v) is 4.63. The van der Waals surface area contributed by atoms with Crippen molar-refractivity contribution in [3.63, 3.8) is 0 Å². The van der Waals surface area contributed by atoms with Crippen LogP contribution >= 0.6 is 11.3 Å². The smallest absolute Gasteiger partial charge is 0.261 e. The number of thiophene rings is 1. The van der Waals surface area contributed by atoms with Crippen LogP contribution in [0.15, 0.2) is 12.1 Å². The molecule has 0 bridgehead atoms. The molecule has 1 amide bonds. The van der Waals surface area contributed by atoms with E-state index in [0.717, 1.165) is 0 Å². The Morgan fingerprint density at radius 1 is 1.44 bits per heavy atom. The Labute approximate surface area is 98.6 Å². The maximum absolute atomic E-state index is 11.7. The minimum atomic E-state index is -0.165. The highest BCUT2D eigenvalue weighted by atomic mass is 32.1. The van der Waals surface area contributed by atoms with E-state index >= 15 is 0 Å². The van der Waals surface area contributed by atoms with Gasteiger partial charge in [-0.05, 0) is 26.0 Å². The van der Waals surface area contributed by atoms with E-state index in [2.05, 4.69) is 5.32 Å². The fraction of sp³-hybridized carbons (Fsp3) is 0.455. The van der Waals surface area contributed by atoms with Gasteiger partial charge >= 0.3 is 0 Å². The van der Waals surface area contributed by atoms with Crippen molar-refractivity contribution in [3.05, 3.63) is 21.9 Å². The molecular formula is C11H15NO3S. The van der Waals surface area contributed by atoms with E-state index in [1.165, 1.54) is 18.3 Å². The molecule has 1 N–H and O–H groups in total. The summed E-state index contributed by atoms with van der Waals surface area (Å²) in [6.45, 7) is 3.82. The maximum atomic E-state index is 11.7. The van der Waals surface area contributed by atoms with E-state index in [1.54, 1.807) is 19.2 Å². The number of ketones is 1. The van der Waals surface area contributed by atoms with Gasteiger partial charge in [-0.15, -0.1) is 11.3 Å². The number of nitrogens with one attached hydrogen (secondary N) is 1. The van der Waals surface area contributed by atoms with Gasteiger partial charge in [0.15, 0.2) is 5.78 Å². The topological polar surface area (TPSA) is 55.4 Å². The van der Waals surface area contributed by atoms with Crippen molar-refractivity contribution < 1.29 is 14.3 Å². The van der Waals surface area contributed by atoms with Gasteiger partial charge in [0.2, 0.25) is 0 Å². The predicted molar refractivity (Wildman–Crippen MR) is 63.1 cm³/mol. The molecule has 1 heterocycles. The minimum Gasteiger partial charge on any atom is -0.383 e. The molecule has 1 aromatic heterocycles. The van der Waals surface area contributed by atoms with Crippen LogP contribution in [0.2, 0.25) is 0 Å². The van der Waals surface area contributed by atoms with Gasteiger partial charge < -0.3 is 10.1 Å². The van der Waals surface area contributed by atoms with E-state index in [1.807, 2.05) is 6.92 Å². The average molecular weight is 241 g/mol. The molecule has 1 unspecified atom stereocenters. The maximum Gasteiger partial charge on any atom is 0.261 e. The fourth-order valence-electron chi connectivity index (χ4n) is 1.24. The van der Waals surface area contributed by atoms with E-state index in [9.17, 15) is 9.59 Å². The largest absolute Gasteiger partial charge is 0.383 e. The first-order valence-electron chi connectivity index (χ1n) is 4.95. The first-order chi connectivity index (χ1) is 7.54. The summed E-state index contributed by atoms with van der Waals surface area (Å²) >= 11 is 1.21. The fourth-order valence-corrected chi connectivity index (χ4v) is 2.04. The molecule has 88 valence electrons. The van der Waals surface area contributed by atoms with Crippen LogP contribution in [0.4, 0.5) is 0 Å². The summed E-state index contributed by atoms with van der Waals surface area (Å²) < 4.78 is 4.92. The van der Waals surface area contributed by atoms with E-state index < -0.39 is 0 Å². The summed E-state index contributed by atoms with van der Waals surface area (Å²) in [4.78, 5) is 23.9. The number of amides is 1. The molecule has 0 saturated carbocycles. The molecule has 0 aliphatic heterocycles. The number of carbonyl (C=O) groups excluding carboxylic acids is 2. The molecule has 0 aromatic carbocycles. The predicted octanol–water partition coefficient (Wildman–Crippen LogP) is 1.72. The van der Waals surface area contributed by atoms with Crippen LogP contribution < -0.4 is 5.32 Å². The molecule has 1 aromatic rings. The van der Waals surface area contributed by atoms with E-state index in [4.69, 9.17) is 4.74 Å². The zero-order valence-electron chi connectivity index (χ0n) is 9.57. The summed E-state index contributed by atoms with van der Waals surface area (Å²) in [5.74, 6) is -0.184. The number of Topliss-reactive ketones (excluding diaryl/α,β-unsaturated/α-hetero) is 1. The quantitative estimate of drug-likeness (QED) is 0.798. The lowest BCUT2D eigenvalue weighted by Gasteiger charge is -2.11. The summed E-state index contributed by atoms with van der Waals surface area (Å²) in [6.07, 6.45) is 0. The van der Waals surface area contributed by atoms with Crippen LogP contribution in [0.25, 0.3) is 0 Å². The molecule has 0 radical (unpaired) electrons. The first kappa shape index (κ1) is 12.9. The van der Waals surface area contributed by atoms with Gasteiger partial charge in [0, 0.05) is 13.2 Å². The second kappa shape index (κ2) is 5.77. The van der Waals surface area contributed by atoms with Crippen molar-refractivity contribution >= 4 is 23.0 Å². The Morgan fingerprint density at radius 3 is 2.56 bits per heavy atom. The summed E-state index contributed by atoms with van der Waals surface area (Å²) in [5, 5.41) is 2.78. The zero-order chi connectivity index (χ0) is 12.1. The van der Waals surface area contributed by atoms with Gasteiger partial charge in [0.05, 0.1) is 16.4 Å². The molecule has 5 heteroatoms. The van der Waals surface area contributed by atoms with Crippen molar-refractivity contribution in [2.75, 3.05) is 13.7 Å². The number of carbonyl (C=O) groups is 2. The number of rotatable bonds is 5. The van der Waals surface area contributed by atoms with Gasteiger partial charge in [-0.3, -0.25) is 9.59 Å². The van der Waals surface area contributed by atoms with Crippen LogP contribution in [-0.2, 0) is 4.74 Å². The molecule has 0 aliphatic carbocycles. The number of hydrogen-bond acceptors (Lipinski definition) is 4. The van der Waals surface area contributed by atoms with Crippen LogP contribution in [0.1, 0.15) is 33.2 Å². The Bertz CT molecular complexity index is 386. The lowest BCUT2D eigenvalue weighted by Crippen LogP contribution is -2.35. The molecule has 1 rings (SSSR count). The zero-order valence-corrected chi connectivity index (χ0v) is 10.4.